The molecule has 0 aliphatic rings. The largest absolute Gasteiger partial charge is 1.00 e. The van der Waals surface area contributed by atoms with E-state index in [0.717, 1.165) is 25.1 Å². The van der Waals surface area contributed by atoms with Gasteiger partial charge in [0, 0.05) is 18.3 Å². The van der Waals surface area contributed by atoms with Gasteiger partial charge in [-0.2, -0.15) is 0 Å². The molecule has 0 aromatic heterocycles. The van der Waals surface area contributed by atoms with Gasteiger partial charge in [-0.15, -0.1) is 5.75 Å². The van der Waals surface area contributed by atoms with Crippen molar-refractivity contribution in [2.24, 2.45) is 0 Å². The topological polar surface area (TPSA) is 32.3 Å². The van der Waals surface area contributed by atoms with Crippen molar-refractivity contribution in [1.82, 2.24) is 0 Å². The molecule has 0 amide bonds. The zero-order chi connectivity index (χ0) is 11.1. The normalized spacial score (nSPS) is 11.7. The molecule has 84 valence electrons. The molecule has 2 nitrogen and oxygen atoms in total. The molecule has 0 fully saturated rings. The molecular weight excluding hydrogens is 229 g/mol. The number of aliphatic hydroxyl groups is 1. The van der Waals surface area contributed by atoms with Crippen LogP contribution in [-0.2, 0) is 12.6 Å². The Bertz CT molecular complexity index is 296. The van der Waals surface area contributed by atoms with Crippen LogP contribution in [0.1, 0.15) is 18.4 Å². The van der Waals surface area contributed by atoms with Gasteiger partial charge in [0.15, 0.2) is 0 Å². The number of hydrogen-bond donors (Lipinski definition) is 2. The molecule has 1 atom stereocenters. The van der Waals surface area contributed by atoms with Crippen LogP contribution in [0, 0.1) is 6.92 Å². The Morgan fingerprint density at radius 2 is 2.19 bits per heavy atom. The van der Waals surface area contributed by atoms with Crippen LogP contribution in [0.25, 0.3) is 0 Å². The number of nitrogens with one attached hydrogen (secondary N) is 1. The van der Waals surface area contributed by atoms with Crippen LogP contribution in [0.3, 0.4) is 0 Å². The summed E-state index contributed by atoms with van der Waals surface area (Å²) in [7, 11) is 0. The van der Waals surface area contributed by atoms with Gasteiger partial charge in [-0.05, 0) is 37.5 Å². The van der Waals surface area contributed by atoms with E-state index in [1.54, 1.807) is 0 Å². The van der Waals surface area contributed by atoms with Crippen molar-refractivity contribution in [3.05, 3.63) is 29.8 Å². The van der Waals surface area contributed by atoms with Crippen molar-refractivity contribution in [2.75, 3.05) is 17.6 Å². The van der Waals surface area contributed by atoms with Crippen molar-refractivity contribution < 1.29 is 34.7 Å². The number of anilines is 1. The van der Waals surface area contributed by atoms with E-state index in [-0.39, 0.29) is 35.7 Å². The zero-order valence-corrected chi connectivity index (χ0v) is 12.9. The van der Waals surface area contributed by atoms with Crippen LogP contribution in [0.15, 0.2) is 24.3 Å². The fraction of sp³-hybridized carbons (Fsp3) is 0.500. The Balaban J connectivity index is 0.00000225. The molecule has 2 N–H and O–H groups in total. The second kappa shape index (κ2) is 9.37. The Hall–Kier alpha value is 0.330. The average molecular weight is 247 g/mol. The first-order valence-corrected chi connectivity index (χ1v) is 5.87. The smallest absolute Gasteiger partial charge is 0.790 e. The molecule has 0 aliphatic heterocycles. The van der Waals surface area contributed by atoms with E-state index in [4.69, 9.17) is 12.6 Å². The molecule has 0 bridgehead atoms. The van der Waals surface area contributed by atoms with E-state index in [9.17, 15) is 5.11 Å². The molecule has 0 radical (unpaired) electrons. The number of aliphatic hydroxyl groups excluding tert-OH is 1. The summed E-state index contributed by atoms with van der Waals surface area (Å²) in [6.45, 7) is 2.96. The predicted molar refractivity (Wildman–Crippen MR) is 67.1 cm³/mol. The first-order chi connectivity index (χ1) is 7.22. The second-order valence-corrected chi connectivity index (χ2v) is 4.09. The van der Waals surface area contributed by atoms with E-state index in [1.807, 2.05) is 6.07 Å². The quantitative estimate of drug-likeness (QED) is 0.388. The van der Waals surface area contributed by atoms with Crippen molar-refractivity contribution in [1.29, 1.82) is 0 Å². The Morgan fingerprint density at radius 3 is 2.81 bits per heavy atom. The molecule has 0 saturated carbocycles. The average Bonchev–Trinajstić information content (AvgIpc) is 2.24. The van der Waals surface area contributed by atoms with E-state index < -0.39 is 0 Å². The van der Waals surface area contributed by atoms with Crippen molar-refractivity contribution in [3.8, 4) is 0 Å². The molecule has 0 aliphatic carbocycles. The van der Waals surface area contributed by atoms with Crippen LogP contribution >= 0.6 is 0 Å². The molecule has 1 rings (SSSR count). The predicted octanol–water partition coefficient (Wildman–Crippen LogP) is -0.901. The zero-order valence-electron chi connectivity index (χ0n) is 10.1. The van der Waals surface area contributed by atoms with Crippen LogP contribution < -0.4 is 34.9 Å². The Kier molecular flexibility index (Phi) is 9.56. The van der Waals surface area contributed by atoms with E-state index in [0.29, 0.717) is 5.75 Å². The summed E-state index contributed by atoms with van der Waals surface area (Å²) < 4.78 is 0. The Morgan fingerprint density at radius 1 is 1.44 bits per heavy atom. The fourth-order valence-corrected chi connectivity index (χ4v) is 1.58. The summed E-state index contributed by atoms with van der Waals surface area (Å²) in [5.41, 5.74) is 2.40. The molecular formula is C12H18NNaOS. The third kappa shape index (κ3) is 6.81. The van der Waals surface area contributed by atoms with E-state index in [2.05, 4.69) is 30.4 Å². The van der Waals surface area contributed by atoms with Crippen LogP contribution in [0.4, 0.5) is 5.69 Å². The molecule has 1 aromatic carbocycles. The van der Waals surface area contributed by atoms with E-state index in [1.165, 1.54) is 5.56 Å². The summed E-state index contributed by atoms with van der Waals surface area (Å²) >= 11 is 4.76. The van der Waals surface area contributed by atoms with Crippen molar-refractivity contribution in [2.45, 2.75) is 25.9 Å². The van der Waals surface area contributed by atoms with Gasteiger partial charge < -0.3 is 23.1 Å². The first-order valence-electron chi connectivity index (χ1n) is 5.29. The van der Waals surface area contributed by atoms with Gasteiger partial charge in [0.1, 0.15) is 0 Å². The van der Waals surface area contributed by atoms with Gasteiger partial charge in [0.25, 0.3) is 0 Å². The number of aryl methyl sites for hydroxylation is 1. The number of benzene rings is 1. The molecule has 1 aromatic rings. The summed E-state index contributed by atoms with van der Waals surface area (Å²) in [6.07, 6.45) is 1.41. The second-order valence-electron chi connectivity index (χ2n) is 3.76. The minimum atomic E-state index is -0.320. The molecule has 0 spiro atoms. The summed E-state index contributed by atoms with van der Waals surface area (Å²) in [5, 5.41) is 12.6. The summed E-state index contributed by atoms with van der Waals surface area (Å²) in [4.78, 5) is 0. The number of hydrogen-bond acceptors (Lipinski definition) is 3. The first kappa shape index (κ1) is 16.3. The van der Waals surface area contributed by atoms with Gasteiger partial charge in [-0.25, -0.2) is 0 Å². The standard InChI is InChI=1S/C12H19NOS.Na/c1-10-4-2-5-11(8-10)13-7-3-6-12(14)9-15;/h2,4-5,8,12-15H,3,6-7,9H2,1H3;/q;+1/p-1. The molecule has 0 saturated heterocycles. The fourth-order valence-electron chi connectivity index (χ4n) is 1.41. The minimum absolute atomic E-state index is 0. The Labute approximate surface area is 126 Å². The number of rotatable bonds is 6. The SMILES string of the molecule is Cc1cccc(NCCCC(O)C[S-])c1.[Na+]. The van der Waals surface area contributed by atoms with Gasteiger partial charge in [0.05, 0.1) is 0 Å². The summed E-state index contributed by atoms with van der Waals surface area (Å²) in [5.74, 6) is 0.435. The van der Waals surface area contributed by atoms with Crippen LogP contribution in [0.2, 0.25) is 0 Å². The molecule has 16 heavy (non-hydrogen) atoms. The van der Waals surface area contributed by atoms with Gasteiger partial charge in [-0.1, -0.05) is 12.1 Å². The summed E-state index contributed by atoms with van der Waals surface area (Å²) in [6, 6.07) is 8.28. The van der Waals surface area contributed by atoms with Gasteiger partial charge >= 0.3 is 29.6 Å². The molecule has 4 heteroatoms. The molecule has 0 heterocycles. The third-order valence-corrected chi connectivity index (χ3v) is 2.64. The van der Waals surface area contributed by atoms with Gasteiger partial charge in [0.2, 0.25) is 0 Å². The maximum absolute atomic E-state index is 9.27. The molecule has 1 unspecified atom stereocenters. The van der Waals surface area contributed by atoms with Crippen molar-refractivity contribution >= 4 is 18.3 Å². The van der Waals surface area contributed by atoms with Crippen LogP contribution in [-0.4, -0.2) is 23.5 Å². The minimum Gasteiger partial charge on any atom is -0.790 e. The van der Waals surface area contributed by atoms with Crippen molar-refractivity contribution in [3.63, 3.8) is 0 Å². The monoisotopic (exact) mass is 247 g/mol. The van der Waals surface area contributed by atoms with Gasteiger partial charge in [-0.3, -0.25) is 0 Å². The van der Waals surface area contributed by atoms with Crippen LogP contribution in [0.5, 0.6) is 0 Å². The third-order valence-electron chi connectivity index (χ3n) is 2.25. The maximum atomic E-state index is 9.27. The van der Waals surface area contributed by atoms with E-state index >= 15 is 0 Å². The maximum Gasteiger partial charge on any atom is 1.00 e.